The van der Waals surface area contributed by atoms with Crippen molar-refractivity contribution in [3.05, 3.63) is 40.3 Å². The van der Waals surface area contributed by atoms with E-state index >= 15 is 0 Å². The number of aromatic nitrogens is 1. The number of hydrogen-bond donors (Lipinski definition) is 1. The number of pyridine rings is 1. The fraction of sp³-hybridized carbons (Fsp3) is 0.273. The number of nitrogens with zero attached hydrogens (tertiary/aromatic N) is 1. The summed E-state index contributed by atoms with van der Waals surface area (Å²) in [7, 11) is 0. The molecular weight excluding hydrogens is 291 g/mol. The Bertz CT molecular complexity index is 447. The highest BCUT2D eigenvalue weighted by atomic mass is 79.9. The van der Waals surface area contributed by atoms with E-state index in [0.717, 1.165) is 5.56 Å². The molecule has 90 valence electrons. The van der Waals surface area contributed by atoms with Gasteiger partial charge in [-0.15, -0.1) is 0 Å². The number of nitrogens with one attached hydrogen (secondary N) is 1. The van der Waals surface area contributed by atoms with Crippen molar-refractivity contribution in [1.29, 1.82) is 0 Å². The van der Waals surface area contributed by atoms with Crippen LogP contribution >= 0.6 is 15.9 Å². The third kappa shape index (κ3) is 3.52. The maximum absolute atomic E-state index is 13.6. The van der Waals surface area contributed by atoms with E-state index in [2.05, 4.69) is 31.0 Å². The number of esters is 1. The van der Waals surface area contributed by atoms with Gasteiger partial charge in [-0.1, -0.05) is 6.07 Å². The molecule has 4 nitrogen and oxygen atoms in total. The average Bonchev–Trinajstić information content (AvgIpc) is 2.67. The number of hydrogen-bond acceptors (Lipinski definition) is 4. The first-order valence-electron chi connectivity index (χ1n) is 5.02. The molecule has 1 N–H and O–H groups in total. The number of carbonyl (C=O) groups is 1. The van der Waals surface area contributed by atoms with Gasteiger partial charge >= 0.3 is 5.97 Å². The van der Waals surface area contributed by atoms with Gasteiger partial charge in [-0.05, 0) is 27.6 Å². The van der Waals surface area contributed by atoms with Crippen LogP contribution in [0.1, 0.15) is 5.56 Å². The summed E-state index contributed by atoms with van der Waals surface area (Å²) in [4.78, 5) is 14.8. The van der Waals surface area contributed by atoms with Gasteiger partial charge in [0.25, 0.3) is 0 Å². The molecule has 0 bridgehead atoms. The highest BCUT2D eigenvalue weighted by Gasteiger charge is 2.16. The third-order valence-corrected chi connectivity index (χ3v) is 2.68. The fourth-order valence-electron chi connectivity index (χ4n) is 1.44. The summed E-state index contributed by atoms with van der Waals surface area (Å²) in [5.74, 6) is -0.440. The molecule has 0 radical (unpaired) electrons. The van der Waals surface area contributed by atoms with Gasteiger partial charge in [-0.3, -0.25) is 0 Å². The standard InChI is InChI=1S/C11H10BrFN2O2/c12-9-2-1-7(5-14-9)3-10(13)15-8-4-11(16)17-6-8/h1-2,4-5,10,15H,3,6H2. The summed E-state index contributed by atoms with van der Waals surface area (Å²) in [6.07, 6.45) is 1.78. The number of ether oxygens (including phenoxy) is 1. The maximum atomic E-state index is 13.6. The molecule has 6 heteroatoms. The molecule has 0 aliphatic carbocycles. The zero-order chi connectivity index (χ0) is 12.3. The first kappa shape index (κ1) is 12.0. The van der Waals surface area contributed by atoms with Crippen molar-refractivity contribution >= 4 is 21.9 Å². The summed E-state index contributed by atoms with van der Waals surface area (Å²) in [6, 6.07) is 3.54. The summed E-state index contributed by atoms with van der Waals surface area (Å²) in [5, 5.41) is 2.58. The highest BCUT2D eigenvalue weighted by molar-refractivity contribution is 9.10. The van der Waals surface area contributed by atoms with Crippen LogP contribution in [0.2, 0.25) is 0 Å². The van der Waals surface area contributed by atoms with Crippen LogP contribution in [0.3, 0.4) is 0 Å². The Morgan fingerprint density at radius 2 is 2.41 bits per heavy atom. The molecule has 1 atom stereocenters. The molecular formula is C11H10BrFN2O2. The third-order valence-electron chi connectivity index (χ3n) is 2.21. The van der Waals surface area contributed by atoms with Crippen molar-refractivity contribution < 1.29 is 13.9 Å². The van der Waals surface area contributed by atoms with Crippen molar-refractivity contribution in [3.8, 4) is 0 Å². The first-order chi connectivity index (χ1) is 8.13. The molecule has 1 aliphatic rings. The zero-order valence-corrected chi connectivity index (χ0v) is 10.4. The Kier molecular flexibility index (Phi) is 3.73. The Balaban J connectivity index is 1.89. The molecule has 2 rings (SSSR count). The quantitative estimate of drug-likeness (QED) is 0.522. The number of halogens is 2. The van der Waals surface area contributed by atoms with Crippen LogP contribution in [0.5, 0.6) is 0 Å². The second kappa shape index (κ2) is 5.27. The minimum Gasteiger partial charge on any atom is -0.456 e. The molecule has 0 spiro atoms. The molecule has 1 aliphatic heterocycles. The van der Waals surface area contributed by atoms with Gasteiger partial charge in [-0.25, -0.2) is 14.2 Å². The molecule has 0 amide bonds. The number of rotatable bonds is 4. The van der Waals surface area contributed by atoms with E-state index in [-0.39, 0.29) is 13.0 Å². The van der Waals surface area contributed by atoms with Crippen molar-refractivity contribution in [2.24, 2.45) is 0 Å². The van der Waals surface area contributed by atoms with E-state index in [1.165, 1.54) is 6.08 Å². The Morgan fingerprint density at radius 1 is 1.59 bits per heavy atom. The molecule has 0 saturated carbocycles. The van der Waals surface area contributed by atoms with Gasteiger partial charge in [0.15, 0.2) is 6.30 Å². The van der Waals surface area contributed by atoms with Gasteiger partial charge < -0.3 is 10.1 Å². The van der Waals surface area contributed by atoms with Gasteiger partial charge in [-0.2, -0.15) is 0 Å². The summed E-state index contributed by atoms with van der Waals surface area (Å²) < 4.78 is 19.0. The van der Waals surface area contributed by atoms with E-state index in [1.807, 2.05) is 0 Å². The number of carbonyl (C=O) groups excluding carboxylic acids is 1. The molecule has 1 aromatic rings. The zero-order valence-electron chi connectivity index (χ0n) is 8.82. The lowest BCUT2D eigenvalue weighted by molar-refractivity contribution is -0.135. The summed E-state index contributed by atoms with van der Waals surface area (Å²) in [6.45, 7) is 0.109. The SMILES string of the molecule is O=C1C=C(NC(F)Cc2ccc(Br)nc2)CO1. The molecule has 0 saturated heterocycles. The van der Waals surface area contributed by atoms with E-state index in [1.54, 1.807) is 18.3 Å². The van der Waals surface area contributed by atoms with Gasteiger partial charge in [0.05, 0.1) is 5.70 Å². The Labute approximate surface area is 106 Å². The smallest absolute Gasteiger partial charge is 0.333 e. The highest BCUT2D eigenvalue weighted by Crippen LogP contribution is 2.10. The van der Waals surface area contributed by atoms with Crippen molar-refractivity contribution in [2.45, 2.75) is 12.7 Å². The topological polar surface area (TPSA) is 51.2 Å². The Hall–Kier alpha value is -1.43. The van der Waals surface area contributed by atoms with Crippen LogP contribution in [0.4, 0.5) is 4.39 Å². The first-order valence-corrected chi connectivity index (χ1v) is 5.81. The second-order valence-corrected chi connectivity index (χ2v) is 4.39. The normalized spacial score (nSPS) is 16.4. The molecule has 0 fully saturated rings. The predicted molar refractivity (Wildman–Crippen MR) is 62.7 cm³/mol. The molecule has 0 aromatic carbocycles. The van der Waals surface area contributed by atoms with E-state index in [0.29, 0.717) is 10.3 Å². The van der Waals surface area contributed by atoms with Crippen LogP contribution < -0.4 is 5.32 Å². The lowest BCUT2D eigenvalue weighted by atomic mass is 10.2. The molecule has 1 unspecified atom stereocenters. The van der Waals surface area contributed by atoms with Crippen LogP contribution in [0.15, 0.2) is 34.7 Å². The number of cyclic esters (lactones) is 1. The lowest BCUT2D eigenvalue weighted by Gasteiger charge is -2.11. The van der Waals surface area contributed by atoms with Crippen LogP contribution in [0.25, 0.3) is 0 Å². The molecule has 17 heavy (non-hydrogen) atoms. The molecule has 1 aromatic heterocycles. The second-order valence-electron chi connectivity index (χ2n) is 3.58. The number of alkyl halides is 1. The van der Waals surface area contributed by atoms with E-state index in [9.17, 15) is 9.18 Å². The van der Waals surface area contributed by atoms with Crippen LogP contribution in [0, 0.1) is 0 Å². The minimum atomic E-state index is -1.27. The largest absolute Gasteiger partial charge is 0.456 e. The maximum Gasteiger partial charge on any atom is 0.333 e. The van der Waals surface area contributed by atoms with E-state index < -0.39 is 12.3 Å². The summed E-state index contributed by atoms with van der Waals surface area (Å²) >= 11 is 3.21. The van der Waals surface area contributed by atoms with Gasteiger partial charge in [0.1, 0.15) is 11.2 Å². The van der Waals surface area contributed by atoms with Crippen molar-refractivity contribution in [3.63, 3.8) is 0 Å². The Morgan fingerprint density at radius 3 is 3.00 bits per heavy atom. The van der Waals surface area contributed by atoms with E-state index in [4.69, 9.17) is 0 Å². The lowest BCUT2D eigenvalue weighted by Crippen LogP contribution is -2.26. The average molecular weight is 301 g/mol. The fourth-order valence-corrected chi connectivity index (χ4v) is 1.68. The van der Waals surface area contributed by atoms with Crippen molar-refractivity contribution in [2.75, 3.05) is 6.61 Å². The predicted octanol–water partition coefficient (Wildman–Crippen LogP) is 1.71. The monoisotopic (exact) mass is 300 g/mol. The van der Waals surface area contributed by atoms with Gasteiger partial charge in [0, 0.05) is 18.7 Å². The van der Waals surface area contributed by atoms with Gasteiger partial charge in [0.2, 0.25) is 0 Å². The van der Waals surface area contributed by atoms with Crippen molar-refractivity contribution in [1.82, 2.24) is 10.3 Å². The summed E-state index contributed by atoms with van der Waals surface area (Å²) in [5.41, 5.74) is 1.24. The van der Waals surface area contributed by atoms with Crippen LogP contribution in [-0.4, -0.2) is 23.9 Å². The minimum absolute atomic E-state index is 0.109. The van der Waals surface area contributed by atoms with Crippen LogP contribution in [-0.2, 0) is 16.0 Å². The molecule has 2 heterocycles.